The number of pyridine rings is 1. The molecule has 1 amide bonds. The van der Waals surface area contributed by atoms with Crippen molar-refractivity contribution in [2.24, 2.45) is 0 Å². The Bertz CT molecular complexity index is 1240. The molecule has 0 atom stereocenters. The standard InChI is InChI=1S/C26H25F3N4O3/c27-26(28,29)20-4-1-3-18(13-20)15-30-25(34)21-5-2-6-24(31-21)33-11-9-32(10-12-33)16-19-7-8-22-23(14-19)36-17-35-22/h1-8,13-14H,9-12,15-17H2,(H,30,34). The second-order valence-corrected chi connectivity index (χ2v) is 8.71. The summed E-state index contributed by atoms with van der Waals surface area (Å²) >= 11 is 0. The van der Waals surface area contributed by atoms with Crippen LogP contribution in [0.25, 0.3) is 0 Å². The summed E-state index contributed by atoms with van der Waals surface area (Å²) < 4.78 is 49.6. The van der Waals surface area contributed by atoms with Crippen molar-refractivity contribution in [3.05, 3.63) is 83.0 Å². The Kier molecular flexibility index (Phi) is 6.69. The molecule has 5 rings (SSSR count). The zero-order valence-electron chi connectivity index (χ0n) is 19.4. The molecule has 188 valence electrons. The van der Waals surface area contributed by atoms with Gasteiger partial charge in [-0.3, -0.25) is 9.69 Å². The van der Waals surface area contributed by atoms with Crippen LogP contribution in [0.1, 0.15) is 27.2 Å². The van der Waals surface area contributed by atoms with Crippen molar-refractivity contribution in [1.29, 1.82) is 0 Å². The first-order valence-corrected chi connectivity index (χ1v) is 11.6. The van der Waals surface area contributed by atoms with Gasteiger partial charge in [-0.05, 0) is 47.5 Å². The van der Waals surface area contributed by atoms with Crippen molar-refractivity contribution in [2.45, 2.75) is 19.3 Å². The average molecular weight is 499 g/mol. The van der Waals surface area contributed by atoms with Crippen LogP contribution in [-0.2, 0) is 19.3 Å². The van der Waals surface area contributed by atoms with Crippen LogP contribution < -0.4 is 19.7 Å². The maximum Gasteiger partial charge on any atom is 0.416 e. The van der Waals surface area contributed by atoms with E-state index < -0.39 is 17.6 Å². The van der Waals surface area contributed by atoms with E-state index in [4.69, 9.17) is 9.47 Å². The molecule has 1 aromatic heterocycles. The number of carbonyl (C=O) groups excluding carboxylic acids is 1. The molecule has 3 aromatic rings. The van der Waals surface area contributed by atoms with Crippen molar-refractivity contribution < 1.29 is 27.4 Å². The molecule has 1 fully saturated rings. The van der Waals surface area contributed by atoms with Crippen molar-refractivity contribution in [2.75, 3.05) is 37.9 Å². The molecule has 0 aliphatic carbocycles. The Morgan fingerprint density at radius 2 is 1.69 bits per heavy atom. The summed E-state index contributed by atoms with van der Waals surface area (Å²) in [5.74, 6) is 1.81. The Morgan fingerprint density at radius 1 is 0.917 bits per heavy atom. The lowest BCUT2D eigenvalue weighted by Crippen LogP contribution is -2.46. The van der Waals surface area contributed by atoms with Crippen molar-refractivity contribution in [3.63, 3.8) is 0 Å². The lowest BCUT2D eigenvalue weighted by molar-refractivity contribution is -0.137. The van der Waals surface area contributed by atoms with Crippen LogP contribution >= 0.6 is 0 Å². The van der Waals surface area contributed by atoms with Crippen LogP contribution in [-0.4, -0.2) is 48.8 Å². The minimum atomic E-state index is -4.43. The number of amides is 1. The summed E-state index contributed by atoms with van der Waals surface area (Å²) in [6.07, 6.45) is -4.43. The average Bonchev–Trinajstić information content (AvgIpc) is 3.35. The summed E-state index contributed by atoms with van der Waals surface area (Å²) in [6.45, 7) is 4.22. The normalized spacial score (nSPS) is 15.7. The number of halogens is 3. The fourth-order valence-electron chi connectivity index (χ4n) is 4.29. The highest BCUT2D eigenvalue weighted by Gasteiger charge is 2.30. The third kappa shape index (κ3) is 5.54. The number of fused-ring (bicyclic) bond motifs is 1. The van der Waals surface area contributed by atoms with Crippen LogP contribution in [0.4, 0.5) is 19.0 Å². The Hall–Kier alpha value is -3.79. The number of rotatable bonds is 6. The first-order valence-electron chi connectivity index (χ1n) is 11.6. The first-order chi connectivity index (χ1) is 17.3. The second-order valence-electron chi connectivity index (χ2n) is 8.71. The van der Waals surface area contributed by atoms with Gasteiger partial charge < -0.3 is 19.7 Å². The minimum absolute atomic E-state index is 0.0206. The van der Waals surface area contributed by atoms with E-state index in [0.29, 0.717) is 11.4 Å². The molecule has 0 saturated carbocycles. The minimum Gasteiger partial charge on any atom is -0.454 e. The number of nitrogens with one attached hydrogen (secondary N) is 1. The molecule has 1 saturated heterocycles. The molecular formula is C26H25F3N4O3. The lowest BCUT2D eigenvalue weighted by atomic mass is 10.1. The van der Waals surface area contributed by atoms with Crippen LogP contribution in [0.3, 0.4) is 0 Å². The van der Waals surface area contributed by atoms with E-state index in [-0.39, 0.29) is 19.0 Å². The van der Waals surface area contributed by atoms with E-state index in [9.17, 15) is 18.0 Å². The number of aromatic nitrogens is 1. The first kappa shape index (κ1) is 23.9. The lowest BCUT2D eigenvalue weighted by Gasteiger charge is -2.35. The van der Waals surface area contributed by atoms with Gasteiger partial charge in [0.2, 0.25) is 6.79 Å². The van der Waals surface area contributed by atoms with E-state index >= 15 is 0 Å². The van der Waals surface area contributed by atoms with E-state index in [1.165, 1.54) is 6.07 Å². The molecule has 36 heavy (non-hydrogen) atoms. The van der Waals surface area contributed by atoms with Gasteiger partial charge in [-0.2, -0.15) is 13.2 Å². The summed E-state index contributed by atoms with van der Waals surface area (Å²) in [4.78, 5) is 21.6. The predicted octanol–water partition coefficient (Wildman–Crippen LogP) is 4.08. The Balaban J connectivity index is 1.15. The molecule has 1 N–H and O–H groups in total. The third-order valence-corrected chi connectivity index (χ3v) is 6.21. The van der Waals surface area contributed by atoms with Gasteiger partial charge in [0.15, 0.2) is 11.5 Å². The Morgan fingerprint density at radius 3 is 2.50 bits per heavy atom. The summed E-state index contributed by atoms with van der Waals surface area (Å²) in [5.41, 5.74) is 1.01. The number of hydrogen-bond acceptors (Lipinski definition) is 6. The number of anilines is 1. The number of piperazine rings is 1. The molecule has 0 unspecified atom stereocenters. The third-order valence-electron chi connectivity index (χ3n) is 6.21. The smallest absolute Gasteiger partial charge is 0.416 e. The van der Waals surface area contributed by atoms with Gasteiger partial charge in [0.05, 0.1) is 5.56 Å². The van der Waals surface area contributed by atoms with Gasteiger partial charge in [-0.15, -0.1) is 0 Å². The molecule has 3 heterocycles. The molecule has 2 aliphatic heterocycles. The molecule has 2 aromatic carbocycles. The van der Waals surface area contributed by atoms with Gasteiger partial charge >= 0.3 is 6.18 Å². The summed E-state index contributed by atoms with van der Waals surface area (Å²) in [7, 11) is 0. The van der Waals surface area contributed by atoms with Crippen LogP contribution in [0.5, 0.6) is 11.5 Å². The van der Waals surface area contributed by atoms with Crippen molar-refractivity contribution in [3.8, 4) is 11.5 Å². The highest BCUT2D eigenvalue weighted by molar-refractivity contribution is 5.92. The maximum atomic E-state index is 12.9. The molecule has 7 nitrogen and oxygen atoms in total. The predicted molar refractivity (Wildman–Crippen MR) is 127 cm³/mol. The number of benzene rings is 2. The van der Waals surface area contributed by atoms with E-state index in [1.807, 2.05) is 24.3 Å². The molecule has 0 radical (unpaired) electrons. The summed E-state index contributed by atoms with van der Waals surface area (Å²) in [5, 5.41) is 2.66. The van der Waals surface area contributed by atoms with Crippen molar-refractivity contribution in [1.82, 2.24) is 15.2 Å². The fraction of sp³-hybridized carbons (Fsp3) is 0.308. The summed E-state index contributed by atoms with van der Waals surface area (Å²) in [6, 6.07) is 16.1. The van der Waals surface area contributed by atoms with Gasteiger partial charge in [0, 0.05) is 39.3 Å². The zero-order valence-corrected chi connectivity index (χ0v) is 19.4. The van der Waals surface area contributed by atoms with E-state index in [2.05, 4.69) is 20.1 Å². The van der Waals surface area contributed by atoms with Crippen molar-refractivity contribution >= 4 is 11.7 Å². The van der Waals surface area contributed by atoms with E-state index in [1.54, 1.807) is 18.2 Å². The largest absolute Gasteiger partial charge is 0.454 e. The van der Waals surface area contributed by atoms with Crippen LogP contribution in [0, 0.1) is 0 Å². The fourth-order valence-corrected chi connectivity index (χ4v) is 4.29. The number of ether oxygens (including phenoxy) is 2. The molecule has 2 aliphatic rings. The zero-order chi connectivity index (χ0) is 25.1. The quantitative estimate of drug-likeness (QED) is 0.553. The van der Waals surface area contributed by atoms with Gasteiger partial charge in [0.25, 0.3) is 5.91 Å². The second kappa shape index (κ2) is 10.1. The molecule has 0 bridgehead atoms. The van der Waals surface area contributed by atoms with Gasteiger partial charge in [-0.1, -0.05) is 24.3 Å². The number of alkyl halides is 3. The number of carbonyl (C=O) groups is 1. The van der Waals surface area contributed by atoms with Gasteiger partial charge in [0.1, 0.15) is 11.5 Å². The maximum absolute atomic E-state index is 12.9. The highest BCUT2D eigenvalue weighted by Crippen LogP contribution is 2.33. The number of hydrogen-bond donors (Lipinski definition) is 1. The molecule has 0 spiro atoms. The Labute approximate surface area is 206 Å². The topological polar surface area (TPSA) is 66.9 Å². The molecular weight excluding hydrogens is 473 g/mol. The van der Waals surface area contributed by atoms with Crippen LogP contribution in [0.2, 0.25) is 0 Å². The number of nitrogens with zero attached hydrogens (tertiary/aromatic N) is 3. The highest BCUT2D eigenvalue weighted by atomic mass is 19.4. The molecule has 10 heteroatoms. The SMILES string of the molecule is O=C(NCc1cccc(C(F)(F)F)c1)c1cccc(N2CCN(Cc3ccc4c(c3)OCO4)CC2)n1. The van der Waals surface area contributed by atoms with Gasteiger partial charge in [-0.25, -0.2) is 4.98 Å². The van der Waals surface area contributed by atoms with E-state index in [0.717, 1.165) is 61.9 Å². The monoisotopic (exact) mass is 498 g/mol. The van der Waals surface area contributed by atoms with Crippen LogP contribution in [0.15, 0.2) is 60.7 Å².